The van der Waals surface area contributed by atoms with Crippen LogP contribution in [0.4, 0.5) is 11.4 Å². The van der Waals surface area contributed by atoms with E-state index in [-0.39, 0.29) is 12.3 Å². The molecule has 154 valence electrons. The molecule has 0 aliphatic carbocycles. The van der Waals surface area contributed by atoms with Crippen molar-refractivity contribution in [3.63, 3.8) is 0 Å². The number of nitro groups is 1. The quantitative estimate of drug-likeness (QED) is 0.163. The van der Waals surface area contributed by atoms with E-state index in [0.29, 0.717) is 11.5 Å². The molecule has 0 bridgehead atoms. The van der Waals surface area contributed by atoms with Gasteiger partial charge in [-0.3, -0.25) is 15.1 Å². The Morgan fingerprint density at radius 2 is 1.80 bits per heavy atom. The van der Waals surface area contributed by atoms with Gasteiger partial charge in [0.05, 0.1) is 21.3 Å². The molecule has 0 fully saturated rings. The summed E-state index contributed by atoms with van der Waals surface area (Å²) in [7, 11) is 1.59. The van der Waals surface area contributed by atoms with Crippen LogP contribution in [0.3, 0.4) is 0 Å². The number of hydrogen-bond donors (Lipinski definition) is 0. The first-order valence-electron chi connectivity index (χ1n) is 9.22. The number of non-ortho nitro benzene ring substituents is 1. The molecule has 0 radical (unpaired) electrons. The summed E-state index contributed by atoms with van der Waals surface area (Å²) < 4.78 is 12.3. The molecule has 0 saturated heterocycles. The van der Waals surface area contributed by atoms with Crippen LogP contribution < -0.4 is 9.47 Å². The van der Waals surface area contributed by atoms with Crippen molar-refractivity contribution in [3.8, 4) is 11.5 Å². The summed E-state index contributed by atoms with van der Waals surface area (Å²) in [6.45, 7) is 4.42. The molecule has 0 aliphatic heterocycles. The summed E-state index contributed by atoms with van der Waals surface area (Å²) in [6, 6.07) is 16.2. The molecule has 0 spiro atoms. The van der Waals surface area contributed by atoms with Crippen molar-refractivity contribution in [2.24, 2.45) is 4.99 Å². The SMILES string of the molecule is COc1cc(C=Nc2ccc(C)c(C)c2)cc(I)c1OCc1ccc([N+](=O)[O-])cc1. The third kappa shape index (κ3) is 5.35. The molecule has 3 rings (SSSR count). The lowest BCUT2D eigenvalue weighted by Gasteiger charge is -2.13. The van der Waals surface area contributed by atoms with Gasteiger partial charge in [0.1, 0.15) is 6.61 Å². The Balaban J connectivity index is 1.77. The molecule has 6 nitrogen and oxygen atoms in total. The summed E-state index contributed by atoms with van der Waals surface area (Å²) in [4.78, 5) is 14.9. The van der Waals surface area contributed by atoms with Gasteiger partial charge in [0.25, 0.3) is 5.69 Å². The summed E-state index contributed by atoms with van der Waals surface area (Å²) in [6.07, 6.45) is 1.80. The number of rotatable bonds is 7. The van der Waals surface area contributed by atoms with E-state index in [9.17, 15) is 10.1 Å². The number of ether oxygens (including phenoxy) is 2. The molecule has 0 aromatic heterocycles. The van der Waals surface area contributed by atoms with Crippen molar-refractivity contribution < 1.29 is 14.4 Å². The Hall–Kier alpha value is -2.94. The van der Waals surface area contributed by atoms with Crippen LogP contribution in [0.5, 0.6) is 11.5 Å². The van der Waals surface area contributed by atoms with Crippen molar-refractivity contribution in [2.75, 3.05) is 7.11 Å². The predicted molar refractivity (Wildman–Crippen MR) is 126 cm³/mol. The van der Waals surface area contributed by atoms with Crippen LogP contribution >= 0.6 is 22.6 Å². The summed E-state index contributed by atoms with van der Waals surface area (Å²) in [5.41, 5.74) is 5.12. The van der Waals surface area contributed by atoms with E-state index in [4.69, 9.17) is 9.47 Å². The average molecular weight is 516 g/mol. The van der Waals surface area contributed by atoms with E-state index in [1.54, 1.807) is 25.5 Å². The fraction of sp³-hybridized carbons (Fsp3) is 0.174. The van der Waals surface area contributed by atoms with Crippen LogP contribution in [0, 0.1) is 27.5 Å². The highest BCUT2D eigenvalue weighted by atomic mass is 127. The first-order chi connectivity index (χ1) is 14.4. The lowest BCUT2D eigenvalue weighted by molar-refractivity contribution is -0.384. The van der Waals surface area contributed by atoms with Crippen molar-refractivity contribution in [3.05, 3.63) is 90.5 Å². The standard InChI is InChI=1S/C23H21IN2O4/c1-15-4-7-19(10-16(15)2)25-13-18-11-21(24)23(22(12-18)29-3)30-14-17-5-8-20(9-6-17)26(27)28/h4-13H,14H2,1-3H3. The number of nitrogens with zero attached hydrogens (tertiary/aromatic N) is 2. The van der Waals surface area contributed by atoms with E-state index in [1.165, 1.54) is 23.3 Å². The van der Waals surface area contributed by atoms with Gasteiger partial charge in [0.2, 0.25) is 0 Å². The lowest BCUT2D eigenvalue weighted by Crippen LogP contribution is -2.01. The zero-order chi connectivity index (χ0) is 21.7. The number of halogens is 1. The second-order valence-corrected chi connectivity index (χ2v) is 7.94. The highest BCUT2D eigenvalue weighted by molar-refractivity contribution is 14.1. The van der Waals surface area contributed by atoms with Gasteiger partial charge in [0.15, 0.2) is 11.5 Å². The molecule has 0 N–H and O–H groups in total. The average Bonchev–Trinajstić information content (AvgIpc) is 2.73. The number of benzene rings is 3. The van der Waals surface area contributed by atoms with Gasteiger partial charge in [-0.1, -0.05) is 6.07 Å². The maximum atomic E-state index is 10.8. The number of aryl methyl sites for hydroxylation is 2. The summed E-state index contributed by atoms with van der Waals surface area (Å²) >= 11 is 2.20. The molecule has 0 atom stereocenters. The Bertz CT molecular complexity index is 1100. The smallest absolute Gasteiger partial charge is 0.269 e. The van der Waals surface area contributed by atoms with Crippen LogP contribution in [0.2, 0.25) is 0 Å². The maximum absolute atomic E-state index is 10.8. The number of hydrogen-bond acceptors (Lipinski definition) is 5. The van der Waals surface area contributed by atoms with E-state index < -0.39 is 4.92 Å². The highest BCUT2D eigenvalue weighted by Gasteiger charge is 2.12. The Morgan fingerprint density at radius 3 is 2.43 bits per heavy atom. The number of methoxy groups -OCH3 is 1. The fourth-order valence-electron chi connectivity index (χ4n) is 2.78. The molecule has 0 saturated carbocycles. The monoisotopic (exact) mass is 516 g/mol. The van der Waals surface area contributed by atoms with Crippen molar-refractivity contribution in [1.82, 2.24) is 0 Å². The Kier molecular flexibility index (Phi) is 7.04. The molecular formula is C23H21IN2O4. The van der Waals surface area contributed by atoms with Gasteiger partial charge >= 0.3 is 0 Å². The third-order valence-corrected chi connectivity index (χ3v) is 5.44. The minimum absolute atomic E-state index is 0.0540. The van der Waals surface area contributed by atoms with Gasteiger partial charge < -0.3 is 9.47 Å². The molecular weight excluding hydrogens is 495 g/mol. The van der Waals surface area contributed by atoms with Crippen LogP contribution in [-0.4, -0.2) is 18.2 Å². The summed E-state index contributed by atoms with van der Waals surface area (Å²) in [5, 5.41) is 10.8. The van der Waals surface area contributed by atoms with Gasteiger partial charge in [-0.2, -0.15) is 0 Å². The topological polar surface area (TPSA) is 74.0 Å². The molecule has 3 aromatic carbocycles. The number of nitro benzene ring substituents is 1. The maximum Gasteiger partial charge on any atom is 0.269 e. The van der Waals surface area contributed by atoms with Crippen LogP contribution in [0.15, 0.2) is 59.6 Å². The van der Waals surface area contributed by atoms with Gasteiger partial charge in [-0.25, -0.2) is 0 Å². The Labute approximate surface area is 188 Å². The Morgan fingerprint density at radius 1 is 1.07 bits per heavy atom. The van der Waals surface area contributed by atoms with Gasteiger partial charge in [0, 0.05) is 18.3 Å². The molecule has 0 aliphatic rings. The zero-order valence-electron chi connectivity index (χ0n) is 16.9. The van der Waals surface area contributed by atoms with Crippen molar-refractivity contribution in [1.29, 1.82) is 0 Å². The number of aliphatic imine (C=N–C) groups is 1. The lowest BCUT2D eigenvalue weighted by atomic mass is 10.1. The van der Waals surface area contributed by atoms with Crippen LogP contribution in [0.1, 0.15) is 22.3 Å². The first-order valence-corrected chi connectivity index (χ1v) is 10.3. The van der Waals surface area contributed by atoms with Crippen molar-refractivity contribution in [2.45, 2.75) is 20.5 Å². The van der Waals surface area contributed by atoms with E-state index in [1.807, 2.05) is 18.2 Å². The first kappa shape index (κ1) is 21.8. The van der Waals surface area contributed by atoms with Crippen LogP contribution in [-0.2, 0) is 6.61 Å². The predicted octanol–water partition coefficient (Wildman–Crippen LogP) is 6.15. The van der Waals surface area contributed by atoms with Crippen molar-refractivity contribution >= 4 is 40.2 Å². The summed E-state index contributed by atoms with van der Waals surface area (Å²) in [5.74, 6) is 1.23. The normalized spacial score (nSPS) is 10.9. The second-order valence-electron chi connectivity index (χ2n) is 6.77. The third-order valence-electron chi connectivity index (χ3n) is 4.64. The largest absolute Gasteiger partial charge is 0.493 e. The second kappa shape index (κ2) is 9.71. The zero-order valence-corrected chi connectivity index (χ0v) is 19.0. The van der Waals surface area contributed by atoms with Gasteiger partial charge in [-0.15, -0.1) is 0 Å². The molecule has 3 aromatic rings. The van der Waals surface area contributed by atoms with E-state index in [2.05, 4.69) is 53.6 Å². The molecule has 0 unspecified atom stereocenters. The highest BCUT2D eigenvalue weighted by Crippen LogP contribution is 2.34. The molecule has 0 heterocycles. The molecule has 30 heavy (non-hydrogen) atoms. The van der Waals surface area contributed by atoms with E-state index in [0.717, 1.165) is 20.4 Å². The minimum Gasteiger partial charge on any atom is -0.493 e. The molecule has 7 heteroatoms. The fourth-order valence-corrected chi connectivity index (χ4v) is 3.56. The van der Waals surface area contributed by atoms with E-state index >= 15 is 0 Å². The minimum atomic E-state index is -0.422. The van der Waals surface area contributed by atoms with Crippen LogP contribution in [0.25, 0.3) is 0 Å². The van der Waals surface area contributed by atoms with Gasteiger partial charge in [-0.05, 0) is 95.1 Å². The molecule has 0 amide bonds.